The molecule has 24 heavy (non-hydrogen) atoms. The number of imide groups is 1. The maximum atomic E-state index is 12.6. The zero-order valence-corrected chi connectivity index (χ0v) is 17.1. The largest absolute Gasteiger partial charge is 0.443 e. The molecule has 0 aromatic carbocycles. The van der Waals surface area contributed by atoms with E-state index in [0.717, 1.165) is 15.1 Å². The van der Waals surface area contributed by atoms with Crippen LogP contribution in [0.2, 0.25) is 0 Å². The van der Waals surface area contributed by atoms with Crippen LogP contribution in [-0.2, 0) is 9.47 Å². The minimum atomic E-state index is -0.808. The highest BCUT2D eigenvalue weighted by Gasteiger charge is 2.34. The lowest BCUT2D eigenvalue weighted by atomic mass is 10.2. The lowest BCUT2D eigenvalue weighted by Crippen LogP contribution is -2.44. The van der Waals surface area contributed by atoms with Crippen molar-refractivity contribution in [2.45, 2.75) is 66.6 Å². The summed E-state index contributed by atoms with van der Waals surface area (Å²) in [5, 5.41) is 0. The zero-order valence-electron chi connectivity index (χ0n) is 15.5. The van der Waals surface area contributed by atoms with Crippen molar-refractivity contribution in [1.82, 2.24) is 4.98 Å². The van der Waals surface area contributed by atoms with Crippen LogP contribution in [0.3, 0.4) is 0 Å². The SMILES string of the molecule is Cc1ncc(N(C(=O)OC(C)(C)C)C(=O)OC(C)(C)C)c(C)c1Br. The molecule has 0 aliphatic heterocycles. The number of nitrogens with zero attached hydrogens (tertiary/aromatic N) is 2. The Morgan fingerprint density at radius 3 is 1.79 bits per heavy atom. The van der Waals surface area contributed by atoms with Crippen LogP contribution in [-0.4, -0.2) is 28.4 Å². The summed E-state index contributed by atoms with van der Waals surface area (Å²) in [5.74, 6) is 0. The van der Waals surface area contributed by atoms with Crippen LogP contribution < -0.4 is 4.90 Å². The van der Waals surface area contributed by atoms with E-state index in [1.54, 1.807) is 48.5 Å². The van der Waals surface area contributed by atoms with Crippen molar-refractivity contribution in [2.24, 2.45) is 0 Å². The van der Waals surface area contributed by atoms with Gasteiger partial charge in [-0.2, -0.15) is 4.90 Å². The van der Waals surface area contributed by atoms with Crippen LogP contribution in [0.5, 0.6) is 0 Å². The number of aromatic nitrogens is 1. The minimum absolute atomic E-state index is 0.316. The lowest BCUT2D eigenvalue weighted by Gasteiger charge is -2.29. The number of carbonyl (C=O) groups excluding carboxylic acids is 2. The van der Waals surface area contributed by atoms with Gasteiger partial charge in [0.2, 0.25) is 0 Å². The van der Waals surface area contributed by atoms with Crippen molar-refractivity contribution in [3.8, 4) is 0 Å². The van der Waals surface area contributed by atoms with Gasteiger partial charge in [0.15, 0.2) is 0 Å². The van der Waals surface area contributed by atoms with Crippen molar-refractivity contribution < 1.29 is 19.1 Å². The van der Waals surface area contributed by atoms with E-state index < -0.39 is 23.4 Å². The Bertz CT molecular complexity index is 617. The molecule has 0 spiro atoms. The van der Waals surface area contributed by atoms with E-state index in [0.29, 0.717) is 11.3 Å². The first-order valence-corrected chi connectivity index (χ1v) is 8.40. The van der Waals surface area contributed by atoms with Gasteiger partial charge in [-0.1, -0.05) is 0 Å². The van der Waals surface area contributed by atoms with E-state index >= 15 is 0 Å². The fraction of sp³-hybridized carbons (Fsp3) is 0.588. The van der Waals surface area contributed by atoms with Crippen LogP contribution in [0.4, 0.5) is 15.3 Å². The smallest absolute Gasteiger partial charge is 0.424 e. The molecule has 0 saturated carbocycles. The Hall–Kier alpha value is -1.63. The number of halogens is 1. The normalized spacial score (nSPS) is 11.9. The predicted octanol–water partition coefficient (Wildman–Crippen LogP) is 5.14. The number of rotatable bonds is 1. The standard InChI is InChI=1S/C17H25BrN2O4/c1-10-12(9-19-11(2)13(10)18)20(14(21)23-16(3,4)5)15(22)24-17(6,7)8/h9H,1-8H3. The summed E-state index contributed by atoms with van der Waals surface area (Å²) in [7, 11) is 0. The van der Waals surface area contributed by atoms with Crippen LogP contribution in [0, 0.1) is 13.8 Å². The van der Waals surface area contributed by atoms with Crippen LogP contribution in [0.1, 0.15) is 52.8 Å². The molecule has 1 aromatic heterocycles. The maximum Gasteiger partial charge on any atom is 0.424 e. The number of hydrogen-bond acceptors (Lipinski definition) is 5. The number of anilines is 1. The molecule has 1 rings (SSSR count). The number of carbonyl (C=O) groups is 2. The van der Waals surface area contributed by atoms with Gasteiger partial charge >= 0.3 is 12.2 Å². The molecule has 6 nitrogen and oxygen atoms in total. The Morgan fingerprint density at radius 2 is 1.42 bits per heavy atom. The van der Waals surface area contributed by atoms with E-state index in [2.05, 4.69) is 20.9 Å². The summed E-state index contributed by atoms with van der Waals surface area (Å²) in [4.78, 5) is 30.3. The molecular weight excluding hydrogens is 376 g/mol. The van der Waals surface area contributed by atoms with Crippen molar-refractivity contribution >= 4 is 33.8 Å². The fourth-order valence-electron chi connectivity index (χ4n) is 1.81. The quantitative estimate of drug-likeness (QED) is 0.652. The summed E-state index contributed by atoms with van der Waals surface area (Å²) in [6.07, 6.45) is -0.154. The summed E-state index contributed by atoms with van der Waals surface area (Å²) in [5.41, 5.74) is 0.265. The Kier molecular flexibility index (Phi) is 6.03. The second-order valence-corrected chi connectivity index (χ2v) is 8.26. The lowest BCUT2D eigenvalue weighted by molar-refractivity contribution is 0.0430. The van der Waals surface area contributed by atoms with Crippen molar-refractivity contribution in [1.29, 1.82) is 0 Å². The van der Waals surface area contributed by atoms with Crippen molar-refractivity contribution in [3.63, 3.8) is 0 Å². The number of amides is 2. The molecule has 0 aliphatic rings. The second kappa shape index (κ2) is 7.09. The van der Waals surface area contributed by atoms with Gasteiger partial charge in [0, 0.05) is 4.47 Å². The third-order valence-corrected chi connectivity index (χ3v) is 3.97. The summed E-state index contributed by atoms with van der Waals surface area (Å²) < 4.78 is 11.4. The van der Waals surface area contributed by atoms with Gasteiger partial charge in [-0.15, -0.1) is 0 Å². The number of hydrogen-bond donors (Lipinski definition) is 0. The number of aryl methyl sites for hydroxylation is 1. The molecule has 0 radical (unpaired) electrons. The van der Waals surface area contributed by atoms with E-state index in [1.807, 2.05) is 6.92 Å². The molecule has 0 atom stereocenters. The molecule has 0 unspecified atom stereocenters. The highest BCUT2D eigenvalue weighted by atomic mass is 79.9. The first kappa shape index (κ1) is 20.4. The first-order valence-electron chi connectivity index (χ1n) is 7.61. The Morgan fingerprint density at radius 1 is 1.00 bits per heavy atom. The Labute approximate surface area is 151 Å². The van der Waals surface area contributed by atoms with Crippen LogP contribution >= 0.6 is 15.9 Å². The molecule has 0 bridgehead atoms. The molecule has 1 heterocycles. The molecule has 0 N–H and O–H groups in total. The topological polar surface area (TPSA) is 68.7 Å². The van der Waals surface area contributed by atoms with Crippen LogP contribution in [0.25, 0.3) is 0 Å². The van der Waals surface area contributed by atoms with Gasteiger partial charge in [0.1, 0.15) is 11.2 Å². The highest BCUT2D eigenvalue weighted by molar-refractivity contribution is 9.10. The van der Waals surface area contributed by atoms with Gasteiger partial charge in [-0.05, 0) is 76.9 Å². The molecule has 1 aromatic rings. The van der Waals surface area contributed by atoms with Crippen LogP contribution in [0.15, 0.2) is 10.7 Å². The third-order valence-electron chi connectivity index (χ3n) is 2.80. The molecule has 7 heteroatoms. The van der Waals surface area contributed by atoms with Gasteiger partial charge in [-0.3, -0.25) is 4.98 Å². The average Bonchev–Trinajstić information content (AvgIpc) is 2.35. The summed E-state index contributed by atoms with van der Waals surface area (Å²) in [6, 6.07) is 0. The number of ether oxygens (including phenoxy) is 2. The van der Waals surface area contributed by atoms with Gasteiger partial charge in [-0.25, -0.2) is 9.59 Å². The van der Waals surface area contributed by atoms with Gasteiger partial charge < -0.3 is 9.47 Å². The van der Waals surface area contributed by atoms with Crippen molar-refractivity contribution in [2.75, 3.05) is 4.90 Å². The predicted molar refractivity (Wildman–Crippen MR) is 96.4 cm³/mol. The fourth-order valence-corrected chi connectivity index (χ4v) is 2.11. The molecule has 0 fully saturated rings. The highest BCUT2D eigenvalue weighted by Crippen LogP contribution is 2.30. The summed E-state index contributed by atoms with van der Waals surface area (Å²) in [6.45, 7) is 14.0. The van der Waals surface area contributed by atoms with E-state index in [1.165, 1.54) is 6.20 Å². The number of pyridine rings is 1. The molecular formula is C17H25BrN2O4. The molecule has 0 saturated heterocycles. The molecule has 0 aliphatic carbocycles. The summed E-state index contributed by atoms with van der Waals surface area (Å²) >= 11 is 3.43. The average molecular weight is 401 g/mol. The molecule has 2 amide bonds. The van der Waals surface area contributed by atoms with Gasteiger partial charge in [0.05, 0.1) is 17.6 Å². The zero-order chi connectivity index (χ0) is 18.9. The second-order valence-electron chi connectivity index (χ2n) is 7.46. The van der Waals surface area contributed by atoms with Crippen molar-refractivity contribution in [3.05, 3.63) is 21.9 Å². The van der Waals surface area contributed by atoms with E-state index in [-0.39, 0.29) is 0 Å². The monoisotopic (exact) mass is 400 g/mol. The minimum Gasteiger partial charge on any atom is -0.443 e. The first-order chi connectivity index (χ1) is 10.7. The van der Waals surface area contributed by atoms with Gasteiger partial charge in [0.25, 0.3) is 0 Å². The van der Waals surface area contributed by atoms with E-state index in [4.69, 9.17) is 9.47 Å². The van der Waals surface area contributed by atoms with E-state index in [9.17, 15) is 9.59 Å². The third kappa shape index (κ3) is 5.47. The maximum absolute atomic E-state index is 12.6. The Balaban J connectivity index is 3.36. The molecule has 134 valence electrons.